The first-order valence-electron chi connectivity index (χ1n) is 9.49. The zero-order chi connectivity index (χ0) is 19.5. The monoisotopic (exact) mass is 373 g/mol. The van der Waals surface area contributed by atoms with Gasteiger partial charge in [0.2, 0.25) is 0 Å². The van der Waals surface area contributed by atoms with E-state index >= 15 is 0 Å². The van der Waals surface area contributed by atoms with E-state index in [4.69, 9.17) is 0 Å². The molecule has 6 heteroatoms. The van der Waals surface area contributed by atoms with Gasteiger partial charge in [0.25, 0.3) is 5.91 Å². The van der Waals surface area contributed by atoms with Gasteiger partial charge in [-0.1, -0.05) is 6.07 Å². The number of carbonyl (C=O) groups is 1. The fourth-order valence-corrected chi connectivity index (χ4v) is 3.66. The Balaban J connectivity index is 1.57. The van der Waals surface area contributed by atoms with Crippen LogP contribution < -0.4 is 5.32 Å². The third-order valence-electron chi connectivity index (χ3n) is 4.95. The molecule has 1 amide bonds. The lowest BCUT2D eigenvalue weighted by Gasteiger charge is -2.25. The highest BCUT2D eigenvalue weighted by Gasteiger charge is 2.31. The molecule has 1 unspecified atom stereocenters. The van der Waals surface area contributed by atoms with Gasteiger partial charge < -0.3 is 10.2 Å². The number of carbonyl (C=O) groups excluding carboxylic acids is 1. The standard InChI is InChI=1S/C22H23N5O/c1-15-11-18(14-23-13-15)22(28)27-10-4-6-19(27)17-8-9-24-21(12-17)26-20-7-3-5-16(2)25-20/h3,5,7-9,11-14,19H,4,6,10H2,1-2H3,(H,24,25,26). The highest BCUT2D eigenvalue weighted by atomic mass is 16.2. The summed E-state index contributed by atoms with van der Waals surface area (Å²) in [6.45, 7) is 4.66. The molecular formula is C22H23N5O. The molecular weight excluding hydrogens is 350 g/mol. The van der Waals surface area contributed by atoms with Crippen LogP contribution in [0.1, 0.15) is 46.1 Å². The Labute approximate surface area is 164 Å². The average molecular weight is 373 g/mol. The minimum atomic E-state index is 0.0328. The zero-order valence-electron chi connectivity index (χ0n) is 16.1. The Bertz CT molecular complexity index is 1000. The molecule has 1 N–H and O–H groups in total. The zero-order valence-corrected chi connectivity index (χ0v) is 16.1. The summed E-state index contributed by atoms with van der Waals surface area (Å²) >= 11 is 0. The molecule has 1 fully saturated rings. The number of aromatic nitrogens is 3. The van der Waals surface area contributed by atoms with Crippen LogP contribution in [0.15, 0.2) is 55.0 Å². The maximum atomic E-state index is 13.0. The molecule has 1 saturated heterocycles. The molecule has 4 rings (SSSR count). The number of nitrogens with one attached hydrogen (secondary N) is 1. The van der Waals surface area contributed by atoms with Gasteiger partial charge in [-0.05, 0) is 68.1 Å². The summed E-state index contributed by atoms with van der Waals surface area (Å²) in [4.78, 5) is 28.0. The van der Waals surface area contributed by atoms with E-state index in [1.165, 1.54) is 0 Å². The summed E-state index contributed by atoms with van der Waals surface area (Å²) in [7, 11) is 0. The normalized spacial score (nSPS) is 16.2. The molecule has 4 heterocycles. The molecule has 1 aliphatic rings. The number of nitrogens with zero attached hydrogens (tertiary/aromatic N) is 4. The van der Waals surface area contributed by atoms with Crippen LogP contribution in [0.5, 0.6) is 0 Å². The second-order valence-corrected chi connectivity index (χ2v) is 7.17. The van der Waals surface area contributed by atoms with Gasteiger partial charge >= 0.3 is 0 Å². The van der Waals surface area contributed by atoms with Gasteiger partial charge in [-0.15, -0.1) is 0 Å². The Kier molecular flexibility index (Phi) is 5.02. The maximum absolute atomic E-state index is 13.0. The minimum Gasteiger partial charge on any atom is -0.332 e. The number of pyridine rings is 3. The number of rotatable bonds is 4. The highest BCUT2D eigenvalue weighted by Crippen LogP contribution is 2.34. The van der Waals surface area contributed by atoms with Crippen LogP contribution in [0.2, 0.25) is 0 Å². The smallest absolute Gasteiger partial charge is 0.255 e. The molecule has 0 saturated carbocycles. The van der Waals surface area contributed by atoms with Gasteiger partial charge in [0.1, 0.15) is 11.6 Å². The summed E-state index contributed by atoms with van der Waals surface area (Å²) < 4.78 is 0. The van der Waals surface area contributed by atoms with Crippen LogP contribution >= 0.6 is 0 Å². The summed E-state index contributed by atoms with van der Waals surface area (Å²) in [5.41, 5.74) is 3.66. The number of aryl methyl sites for hydroxylation is 2. The molecule has 1 aliphatic heterocycles. The van der Waals surface area contributed by atoms with Gasteiger partial charge in [0, 0.05) is 30.8 Å². The Hall–Kier alpha value is -3.28. The fraction of sp³-hybridized carbons (Fsp3) is 0.273. The van der Waals surface area contributed by atoms with Crippen LogP contribution in [0, 0.1) is 13.8 Å². The minimum absolute atomic E-state index is 0.0328. The second-order valence-electron chi connectivity index (χ2n) is 7.17. The highest BCUT2D eigenvalue weighted by molar-refractivity contribution is 5.94. The van der Waals surface area contributed by atoms with Crippen molar-refractivity contribution in [3.8, 4) is 0 Å². The number of likely N-dealkylation sites (tertiary alicyclic amines) is 1. The Morgan fingerprint density at radius 2 is 2.04 bits per heavy atom. The predicted molar refractivity (Wildman–Crippen MR) is 108 cm³/mol. The number of amides is 1. The van der Waals surface area contributed by atoms with Gasteiger partial charge in [0.05, 0.1) is 11.6 Å². The van der Waals surface area contributed by atoms with Crippen molar-refractivity contribution in [1.82, 2.24) is 19.9 Å². The van der Waals surface area contributed by atoms with E-state index in [1.54, 1.807) is 18.6 Å². The molecule has 3 aromatic rings. The van der Waals surface area contributed by atoms with E-state index in [-0.39, 0.29) is 11.9 Å². The first kappa shape index (κ1) is 18.1. The molecule has 0 aromatic carbocycles. The first-order valence-corrected chi connectivity index (χ1v) is 9.49. The van der Waals surface area contributed by atoms with Gasteiger partial charge in [-0.2, -0.15) is 0 Å². The lowest BCUT2D eigenvalue weighted by Crippen LogP contribution is -2.30. The number of hydrogen-bond donors (Lipinski definition) is 1. The lowest BCUT2D eigenvalue weighted by molar-refractivity contribution is 0.0735. The fourth-order valence-electron chi connectivity index (χ4n) is 3.66. The van der Waals surface area contributed by atoms with Crippen molar-refractivity contribution >= 4 is 17.5 Å². The van der Waals surface area contributed by atoms with E-state index in [0.29, 0.717) is 5.56 Å². The van der Waals surface area contributed by atoms with Crippen LogP contribution in [-0.4, -0.2) is 32.3 Å². The van der Waals surface area contributed by atoms with Crippen LogP contribution in [-0.2, 0) is 0 Å². The van der Waals surface area contributed by atoms with Crippen molar-refractivity contribution in [2.24, 2.45) is 0 Å². The van der Waals surface area contributed by atoms with Crippen LogP contribution in [0.25, 0.3) is 0 Å². The van der Waals surface area contributed by atoms with E-state index in [9.17, 15) is 4.79 Å². The molecule has 28 heavy (non-hydrogen) atoms. The van der Waals surface area contributed by atoms with E-state index in [1.807, 2.05) is 55.1 Å². The molecule has 3 aromatic heterocycles. The van der Waals surface area contributed by atoms with Gasteiger partial charge in [-0.25, -0.2) is 9.97 Å². The van der Waals surface area contributed by atoms with Crippen molar-refractivity contribution in [1.29, 1.82) is 0 Å². The van der Waals surface area contributed by atoms with E-state index in [2.05, 4.69) is 20.3 Å². The van der Waals surface area contributed by atoms with Crippen molar-refractivity contribution in [3.63, 3.8) is 0 Å². The van der Waals surface area contributed by atoms with Gasteiger partial charge in [0.15, 0.2) is 0 Å². The largest absolute Gasteiger partial charge is 0.332 e. The average Bonchev–Trinajstić information content (AvgIpc) is 3.17. The van der Waals surface area contributed by atoms with Crippen LogP contribution in [0.3, 0.4) is 0 Å². The van der Waals surface area contributed by atoms with Gasteiger partial charge in [-0.3, -0.25) is 9.78 Å². The van der Waals surface area contributed by atoms with Crippen molar-refractivity contribution in [2.75, 3.05) is 11.9 Å². The first-order chi connectivity index (χ1) is 13.6. The lowest BCUT2D eigenvalue weighted by atomic mass is 10.0. The molecule has 142 valence electrons. The van der Waals surface area contributed by atoms with E-state index < -0.39 is 0 Å². The van der Waals surface area contributed by atoms with Crippen LogP contribution in [0.4, 0.5) is 11.6 Å². The Morgan fingerprint density at radius 3 is 2.86 bits per heavy atom. The number of anilines is 2. The predicted octanol–water partition coefficient (Wildman–Crippen LogP) is 4.21. The van der Waals surface area contributed by atoms with E-state index in [0.717, 1.165) is 47.8 Å². The summed E-state index contributed by atoms with van der Waals surface area (Å²) in [6, 6.07) is 11.8. The molecule has 0 spiro atoms. The third kappa shape index (κ3) is 3.86. The SMILES string of the molecule is Cc1cncc(C(=O)N2CCCC2c2ccnc(Nc3cccc(C)n3)c2)c1. The summed E-state index contributed by atoms with van der Waals surface area (Å²) in [6.07, 6.45) is 7.12. The topological polar surface area (TPSA) is 71.0 Å². The molecule has 0 bridgehead atoms. The second kappa shape index (κ2) is 7.76. The molecule has 1 atom stereocenters. The third-order valence-corrected chi connectivity index (χ3v) is 4.95. The molecule has 6 nitrogen and oxygen atoms in total. The summed E-state index contributed by atoms with van der Waals surface area (Å²) in [5.74, 6) is 1.52. The molecule has 0 aliphatic carbocycles. The number of hydrogen-bond acceptors (Lipinski definition) is 5. The van der Waals surface area contributed by atoms with Crippen molar-refractivity contribution in [2.45, 2.75) is 32.7 Å². The van der Waals surface area contributed by atoms with Crippen molar-refractivity contribution < 1.29 is 4.79 Å². The quantitative estimate of drug-likeness (QED) is 0.742. The van der Waals surface area contributed by atoms with Crippen molar-refractivity contribution in [3.05, 3.63) is 77.4 Å². The maximum Gasteiger partial charge on any atom is 0.255 e. The molecule has 0 radical (unpaired) electrons. The Morgan fingerprint density at radius 1 is 1.14 bits per heavy atom. The summed E-state index contributed by atoms with van der Waals surface area (Å²) in [5, 5.41) is 3.26.